The van der Waals surface area contributed by atoms with Crippen LogP contribution in [0.3, 0.4) is 0 Å². The fraction of sp³-hybridized carbons (Fsp3) is 0.263. The summed E-state index contributed by atoms with van der Waals surface area (Å²) in [6, 6.07) is 16.2. The third kappa shape index (κ3) is 5.87. The van der Waals surface area contributed by atoms with Gasteiger partial charge in [0.1, 0.15) is 0 Å². The van der Waals surface area contributed by atoms with Gasteiger partial charge in [0.2, 0.25) is 0 Å². The molecule has 0 aliphatic carbocycles. The quantitative estimate of drug-likeness (QED) is 0.401. The standard InChI is InChI=1S/C19H20O7/c1-14(22-2)12-13-23-19(21)25-26-24-18(20)17-11-7-6-10-16(17)15-8-4-3-5-9-15/h3-11,14H,12-13H2,1-2H3. The van der Waals surface area contributed by atoms with Crippen LogP contribution in [0.1, 0.15) is 23.7 Å². The van der Waals surface area contributed by atoms with E-state index in [1.807, 2.05) is 37.3 Å². The SMILES string of the molecule is COC(C)CCOC(=O)OOOC(=O)c1ccccc1-c1ccccc1. The van der Waals surface area contributed by atoms with Crippen LogP contribution in [0.4, 0.5) is 4.79 Å². The van der Waals surface area contributed by atoms with Crippen LogP contribution < -0.4 is 0 Å². The highest BCUT2D eigenvalue weighted by Crippen LogP contribution is 2.24. The summed E-state index contributed by atoms with van der Waals surface area (Å²) in [5, 5.41) is 4.23. The first-order valence-corrected chi connectivity index (χ1v) is 8.01. The largest absolute Gasteiger partial charge is 0.543 e. The summed E-state index contributed by atoms with van der Waals surface area (Å²) in [5.41, 5.74) is 1.77. The Morgan fingerprint density at radius 2 is 1.65 bits per heavy atom. The van der Waals surface area contributed by atoms with E-state index >= 15 is 0 Å². The lowest BCUT2D eigenvalue weighted by Gasteiger charge is -2.09. The van der Waals surface area contributed by atoms with Crippen molar-refractivity contribution in [3.63, 3.8) is 0 Å². The first-order valence-electron chi connectivity index (χ1n) is 8.01. The molecule has 0 aliphatic rings. The summed E-state index contributed by atoms with van der Waals surface area (Å²) in [5.74, 6) is -0.801. The van der Waals surface area contributed by atoms with Crippen molar-refractivity contribution >= 4 is 12.1 Å². The topological polar surface area (TPSA) is 80.3 Å². The van der Waals surface area contributed by atoms with E-state index in [0.717, 1.165) is 5.56 Å². The second-order valence-corrected chi connectivity index (χ2v) is 5.37. The molecule has 26 heavy (non-hydrogen) atoms. The lowest BCUT2D eigenvalue weighted by molar-refractivity contribution is -0.452. The van der Waals surface area contributed by atoms with Crippen molar-refractivity contribution in [3.05, 3.63) is 60.2 Å². The molecule has 2 aromatic rings. The predicted molar refractivity (Wildman–Crippen MR) is 91.9 cm³/mol. The summed E-state index contributed by atoms with van der Waals surface area (Å²) < 4.78 is 9.75. The van der Waals surface area contributed by atoms with Gasteiger partial charge in [-0.2, -0.15) is 0 Å². The van der Waals surface area contributed by atoms with E-state index in [-0.39, 0.29) is 18.3 Å². The normalized spacial score (nSPS) is 11.5. The number of ether oxygens (including phenoxy) is 2. The van der Waals surface area contributed by atoms with E-state index in [1.165, 1.54) is 0 Å². The highest BCUT2D eigenvalue weighted by molar-refractivity contribution is 5.96. The molecule has 2 rings (SSSR count). The second kappa shape index (κ2) is 10.2. The van der Waals surface area contributed by atoms with Crippen LogP contribution >= 0.6 is 0 Å². The van der Waals surface area contributed by atoms with Gasteiger partial charge in [-0.25, -0.2) is 14.5 Å². The number of carbonyl (C=O) groups is 2. The van der Waals surface area contributed by atoms with Crippen LogP contribution in [0.2, 0.25) is 0 Å². The molecule has 0 saturated heterocycles. The smallest absolute Gasteiger partial charge is 0.432 e. The average molecular weight is 360 g/mol. The molecule has 0 radical (unpaired) electrons. The number of carbonyl (C=O) groups excluding carboxylic acids is 2. The Hall–Kier alpha value is -2.90. The molecule has 0 saturated carbocycles. The Kier molecular flexibility index (Phi) is 7.60. The molecule has 2 aromatic carbocycles. The van der Waals surface area contributed by atoms with Crippen LogP contribution in [0.15, 0.2) is 54.6 Å². The summed E-state index contributed by atoms with van der Waals surface area (Å²) >= 11 is 0. The first kappa shape index (κ1) is 19.4. The minimum atomic E-state index is -1.11. The van der Waals surface area contributed by atoms with Gasteiger partial charge in [-0.15, -0.1) is 0 Å². The van der Waals surface area contributed by atoms with Gasteiger partial charge in [-0.05, 0) is 24.1 Å². The predicted octanol–water partition coefficient (Wildman–Crippen LogP) is 3.94. The second-order valence-electron chi connectivity index (χ2n) is 5.37. The van der Waals surface area contributed by atoms with Crippen molar-refractivity contribution in [2.75, 3.05) is 13.7 Å². The maximum atomic E-state index is 12.2. The lowest BCUT2D eigenvalue weighted by Crippen LogP contribution is -2.15. The molecule has 7 nitrogen and oxygen atoms in total. The number of hydrogen-bond acceptors (Lipinski definition) is 7. The van der Waals surface area contributed by atoms with Crippen LogP contribution in [0.5, 0.6) is 0 Å². The molecule has 1 atom stereocenters. The van der Waals surface area contributed by atoms with E-state index in [4.69, 9.17) is 9.47 Å². The highest BCUT2D eigenvalue weighted by atomic mass is 17.5. The van der Waals surface area contributed by atoms with Crippen LogP contribution in [0, 0.1) is 0 Å². The molecule has 0 amide bonds. The summed E-state index contributed by atoms with van der Waals surface area (Å²) in [4.78, 5) is 32.3. The molecule has 0 heterocycles. The van der Waals surface area contributed by atoms with Crippen molar-refractivity contribution in [3.8, 4) is 11.1 Å². The zero-order valence-electron chi connectivity index (χ0n) is 14.5. The molecule has 1 unspecified atom stereocenters. The summed E-state index contributed by atoms with van der Waals surface area (Å²) in [7, 11) is 1.55. The summed E-state index contributed by atoms with van der Waals surface area (Å²) in [6.07, 6.45) is -0.677. The van der Waals surface area contributed by atoms with Crippen molar-refractivity contribution in [2.45, 2.75) is 19.4 Å². The number of methoxy groups -OCH3 is 1. The van der Waals surface area contributed by atoms with Gasteiger partial charge in [0, 0.05) is 13.5 Å². The summed E-state index contributed by atoms with van der Waals surface area (Å²) in [6.45, 7) is 1.92. The molecule has 0 N–H and O–H groups in total. The molecular weight excluding hydrogens is 340 g/mol. The van der Waals surface area contributed by atoms with Gasteiger partial charge in [-0.1, -0.05) is 48.5 Å². The Balaban J connectivity index is 1.85. The van der Waals surface area contributed by atoms with Gasteiger partial charge in [0.15, 0.2) is 0 Å². The van der Waals surface area contributed by atoms with E-state index in [1.54, 1.807) is 31.4 Å². The van der Waals surface area contributed by atoms with Crippen molar-refractivity contribution in [2.24, 2.45) is 0 Å². The third-order valence-electron chi connectivity index (χ3n) is 3.59. The van der Waals surface area contributed by atoms with Crippen LogP contribution in [-0.4, -0.2) is 31.9 Å². The monoisotopic (exact) mass is 360 g/mol. The Labute approximate surface area is 151 Å². The Bertz CT molecular complexity index is 715. The molecular formula is C19H20O7. The minimum Gasteiger partial charge on any atom is -0.432 e. The third-order valence-corrected chi connectivity index (χ3v) is 3.59. The lowest BCUT2D eigenvalue weighted by atomic mass is 10.00. The average Bonchev–Trinajstić information content (AvgIpc) is 2.68. The van der Waals surface area contributed by atoms with E-state index in [2.05, 4.69) is 14.8 Å². The van der Waals surface area contributed by atoms with E-state index < -0.39 is 12.1 Å². The zero-order valence-corrected chi connectivity index (χ0v) is 14.5. The molecule has 0 fully saturated rings. The molecule has 138 valence electrons. The number of rotatable bonds is 8. The molecule has 0 aliphatic heterocycles. The minimum absolute atomic E-state index is 0.0592. The highest BCUT2D eigenvalue weighted by Gasteiger charge is 2.16. The maximum absolute atomic E-state index is 12.2. The van der Waals surface area contributed by atoms with Crippen molar-refractivity contribution < 1.29 is 33.9 Å². The number of benzene rings is 2. The van der Waals surface area contributed by atoms with Crippen molar-refractivity contribution in [1.82, 2.24) is 0 Å². The molecule has 0 aromatic heterocycles. The van der Waals surface area contributed by atoms with Gasteiger partial charge in [0.25, 0.3) is 0 Å². The van der Waals surface area contributed by atoms with E-state index in [0.29, 0.717) is 12.0 Å². The maximum Gasteiger partial charge on any atom is 0.543 e. The van der Waals surface area contributed by atoms with Gasteiger partial charge in [0.05, 0.1) is 23.3 Å². The molecule has 7 heteroatoms. The van der Waals surface area contributed by atoms with Crippen molar-refractivity contribution in [1.29, 1.82) is 0 Å². The molecule has 0 spiro atoms. The van der Waals surface area contributed by atoms with Gasteiger partial charge < -0.3 is 9.47 Å². The Morgan fingerprint density at radius 3 is 2.38 bits per heavy atom. The Morgan fingerprint density at radius 1 is 0.962 bits per heavy atom. The fourth-order valence-electron chi connectivity index (χ4n) is 2.10. The fourth-order valence-corrected chi connectivity index (χ4v) is 2.10. The van der Waals surface area contributed by atoms with Gasteiger partial charge >= 0.3 is 12.1 Å². The van der Waals surface area contributed by atoms with Crippen LogP contribution in [0.25, 0.3) is 11.1 Å². The van der Waals surface area contributed by atoms with Crippen LogP contribution in [-0.2, 0) is 24.3 Å². The van der Waals surface area contributed by atoms with E-state index in [9.17, 15) is 9.59 Å². The van der Waals surface area contributed by atoms with Gasteiger partial charge in [-0.3, -0.25) is 4.89 Å². The zero-order chi connectivity index (χ0) is 18.8. The first-order chi connectivity index (χ1) is 12.6. The molecule has 0 bridgehead atoms. The number of hydrogen-bond donors (Lipinski definition) is 0.